The maximum atomic E-state index is 10.8. The number of hydrogen-bond acceptors (Lipinski definition) is 1. The van der Waals surface area contributed by atoms with Crippen molar-refractivity contribution in [3.63, 3.8) is 0 Å². The molecule has 0 heterocycles. The first kappa shape index (κ1) is 6.75. The molecular formula is C3H3F3O. The maximum Gasteiger partial charge on any atom is 0.392 e. The summed E-state index contributed by atoms with van der Waals surface area (Å²) in [6.45, 7) is 0.983. The molecule has 0 aliphatic rings. The molecule has 4 heteroatoms. The van der Waals surface area contributed by atoms with Crippen molar-refractivity contribution in [3.8, 4) is 0 Å². The zero-order valence-electron chi connectivity index (χ0n) is 3.29. The number of halogens is 3. The minimum atomic E-state index is -4.31. The number of hydrogen-bond donors (Lipinski definition) is 1. The summed E-state index contributed by atoms with van der Waals surface area (Å²) in [5.74, 6) is 0. The van der Waals surface area contributed by atoms with Gasteiger partial charge in [-0.25, -0.2) is 0 Å². The van der Waals surface area contributed by atoms with E-state index in [0.29, 0.717) is 0 Å². The normalized spacial score (nSPS) is 12.0. The molecule has 2 radical (unpaired) electrons. The Kier molecular flexibility index (Phi) is 2.08. The number of aliphatic hydroxyl groups is 1. The smallest absolute Gasteiger partial charge is 0.383 e. The lowest BCUT2D eigenvalue weighted by Gasteiger charge is -1.98. The van der Waals surface area contributed by atoms with Gasteiger partial charge in [0.1, 0.15) is 6.61 Å². The van der Waals surface area contributed by atoms with Crippen LogP contribution in [0.25, 0.3) is 0 Å². The Morgan fingerprint density at radius 3 is 1.86 bits per heavy atom. The molecule has 0 saturated carbocycles. The monoisotopic (exact) mass is 112 g/mol. The summed E-state index contributed by atoms with van der Waals surface area (Å²) in [5.41, 5.74) is 0. The molecule has 1 N–H and O–H groups in total. The van der Waals surface area contributed by atoms with Gasteiger partial charge in [0.25, 0.3) is 0 Å². The van der Waals surface area contributed by atoms with Gasteiger partial charge in [-0.15, -0.1) is 0 Å². The highest BCUT2D eigenvalue weighted by atomic mass is 19.4. The number of alkyl halides is 3. The van der Waals surface area contributed by atoms with Crippen LogP contribution in [0.3, 0.4) is 0 Å². The van der Waals surface area contributed by atoms with Gasteiger partial charge in [0, 0.05) is 0 Å². The van der Waals surface area contributed by atoms with Crippen molar-refractivity contribution in [2.45, 2.75) is 12.6 Å². The average Bonchev–Trinajstić information content (AvgIpc) is 1.30. The van der Waals surface area contributed by atoms with E-state index in [0.717, 1.165) is 6.61 Å². The summed E-state index contributed by atoms with van der Waals surface area (Å²) in [7, 11) is 0. The molecule has 0 rings (SSSR count). The summed E-state index contributed by atoms with van der Waals surface area (Å²) in [5, 5.41) is 7.43. The zero-order valence-corrected chi connectivity index (χ0v) is 3.29. The molecule has 0 aliphatic heterocycles. The molecule has 0 aromatic heterocycles. The molecule has 0 saturated heterocycles. The van der Waals surface area contributed by atoms with Crippen LogP contribution in [0.1, 0.15) is 6.42 Å². The molecule has 0 fully saturated rings. The van der Waals surface area contributed by atoms with E-state index in [2.05, 4.69) is 0 Å². The Morgan fingerprint density at radius 2 is 1.86 bits per heavy atom. The summed E-state index contributed by atoms with van der Waals surface area (Å²) < 4.78 is 32.5. The van der Waals surface area contributed by atoms with Crippen molar-refractivity contribution in [2.24, 2.45) is 0 Å². The van der Waals surface area contributed by atoms with Gasteiger partial charge in [-0.1, -0.05) is 0 Å². The highest BCUT2D eigenvalue weighted by molar-refractivity contribution is 4.54. The molecule has 0 unspecified atom stereocenters. The second-order valence-electron chi connectivity index (χ2n) is 0.950. The quantitative estimate of drug-likeness (QED) is 0.542. The largest absolute Gasteiger partial charge is 0.392 e. The zero-order chi connectivity index (χ0) is 5.91. The van der Waals surface area contributed by atoms with Crippen LogP contribution in [-0.4, -0.2) is 11.3 Å². The van der Waals surface area contributed by atoms with Gasteiger partial charge in [0.15, 0.2) is 0 Å². The van der Waals surface area contributed by atoms with E-state index in [4.69, 9.17) is 5.11 Å². The Bertz CT molecular complexity index is 48.6. The van der Waals surface area contributed by atoms with Crippen molar-refractivity contribution < 1.29 is 18.3 Å². The standard InChI is InChI=1S/C3H3F3O/c4-3(5,6)1-2-7/h7H,1H2. The van der Waals surface area contributed by atoms with Crippen LogP contribution in [0.2, 0.25) is 0 Å². The van der Waals surface area contributed by atoms with E-state index in [9.17, 15) is 13.2 Å². The van der Waals surface area contributed by atoms with Gasteiger partial charge in [-0.05, 0) is 0 Å². The van der Waals surface area contributed by atoms with Crippen LogP contribution in [0.15, 0.2) is 0 Å². The summed E-state index contributed by atoms with van der Waals surface area (Å²) in [6, 6.07) is 0. The van der Waals surface area contributed by atoms with Gasteiger partial charge in [0.2, 0.25) is 0 Å². The molecule has 7 heavy (non-hydrogen) atoms. The maximum absolute atomic E-state index is 10.8. The Labute approximate surface area is 38.8 Å². The third-order valence-corrected chi connectivity index (χ3v) is 0.280. The fourth-order valence-electron chi connectivity index (χ4n) is 0.0896. The van der Waals surface area contributed by atoms with E-state index in [1.54, 1.807) is 0 Å². The minimum Gasteiger partial charge on any atom is -0.383 e. The van der Waals surface area contributed by atoms with Crippen molar-refractivity contribution in [1.82, 2.24) is 0 Å². The lowest BCUT2D eigenvalue weighted by molar-refractivity contribution is -0.133. The molecule has 0 amide bonds. The highest BCUT2D eigenvalue weighted by Gasteiger charge is 2.26. The molecule has 0 aromatic carbocycles. The van der Waals surface area contributed by atoms with Gasteiger partial charge in [0.05, 0.1) is 6.42 Å². The fraction of sp³-hybridized carbons (Fsp3) is 0.667. The van der Waals surface area contributed by atoms with E-state index in [-0.39, 0.29) is 0 Å². The molecule has 0 aliphatic carbocycles. The van der Waals surface area contributed by atoms with Gasteiger partial charge < -0.3 is 5.11 Å². The van der Waals surface area contributed by atoms with E-state index >= 15 is 0 Å². The van der Waals surface area contributed by atoms with Crippen molar-refractivity contribution in [2.75, 3.05) is 0 Å². The second-order valence-corrected chi connectivity index (χ2v) is 0.950. The summed E-state index contributed by atoms with van der Waals surface area (Å²) in [6.07, 6.45) is -5.66. The SMILES string of the molecule is O[C]CC(F)(F)F. The van der Waals surface area contributed by atoms with Crippen LogP contribution in [-0.2, 0) is 0 Å². The van der Waals surface area contributed by atoms with Crippen LogP contribution in [0.5, 0.6) is 0 Å². The molecule has 42 valence electrons. The Morgan fingerprint density at radius 1 is 1.43 bits per heavy atom. The lowest BCUT2D eigenvalue weighted by atomic mass is 10.5. The van der Waals surface area contributed by atoms with E-state index in [1.165, 1.54) is 0 Å². The Balaban J connectivity index is 3.15. The fourth-order valence-corrected chi connectivity index (χ4v) is 0.0896. The van der Waals surface area contributed by atoms with Crippen LogP contribution < -0.4 is 0 Å². The van der Waals surface area contributed by atoms with Gasteiger partial charge >= 0.3 is 6.18 Å². The van der Waals surface area contributed by atoms with Gasteiger partial charge in [-0.3, -0.25) is 0 Å². The molecule has 0 aromatic rings. The molecule has 0 spiro atoms. The van der Waals surface area contributed by atoms with Crippen LogP contribution >= 0.6 is 0 Å². The predicted octanol–water partition coefficient (Wildman–Crippen LogP) is 1.35. The van der Waals surface area contributed by atoms with E-state index in [1.807, 2.05) is 0 Å². The van der Waals surface area contributed by atoms with Crippen LogP contribution in [0.4, 0.5) is 13.2 Å². The summed E-state index contributed by atoms with van der Waals surface area (Å²) in [4.78, 5) is 0. The van der Waals surface area contributed by atoms with Gasteiger partial charge in [-0.2, -0.15) is 13.2 Å². The highest BCUT2D eigenvalue weighted by Crippen LogP contribution is 2.19. The van der Waals surface area contributed by atoms with Crippen LogP contribution in [0, 0.1) is 6.61 Å². The van der Waals surface area contributed by atoms with Crippen molar-refractivity contribution in [1.29, 1.82) is 0 Å². The summed E-state index contributed by atoms with van der Waals surface area (Å²) >= 11 is 0. The molecule has 0 bridgehead atoms. The molecule has 0 atom stereocenters. The van der Waals surface area contributed by atoms with Crippen molar-refractivity contribution >= 4 is 0 Å². The topological polar surface area (TPSA) is 20.2 Å². The third-order valence-electron chi connectivity index (χ3n) is 0.280. The number of aliphatic hydroxyl groups excluding tert-OH is 1. The second kappa shape index (κ2) is 2.16. The average molecular weight is 112 g/mol. The number of rotatable bonds is 1. The third kappa shape index (κ3) is 5.75. The molecular weight excluding hydrogens is 109 g/mol. The Hall–Kier alpha value is -0.250. The molecule has 1 nitrogen and oxygen atoms in total. The first-order chi connectivity index (χ1) is 3.06. The minimum absolute atomic E-state index is 0.983. The predicted molar refractivity (Wildman–Crippen MR) is 15.9 cm³/mol. The van der Waals surface area contributed by atoms with E-state index < -0.39 is 12.6 Å². The first-order valence-corrected chi connectivity index (χ1v) is 1.50. The lowest BCUT2D eigenvalue weighted by Crippen LogP contribution is -2.05. The first-order valence-electron chi connectivity index (χ1n) is 1.50. The van der Waals surface area contributed by atoms with Crippen molar-refractivity contribution in [3.05, 3.63) is 6.61 Å².